The molecule has 0 aliphatic rings. The summed E-state index contributed by atoms with van der Waals surface area (Å²) in [5.41, 5.74) is 0.234. The van der Waals surface area contributed by atoms with Crippen LogP contribution in [0.4, 0.5) is 5.69 Å². The molecule has 0 fully saturated rings. The molecule has 0 aliphatic carbocycles. The summed E-state index contributed by atoms with van der Waals surface area (Å²) in [5, 5.41) is 9.10. The molecule has 0 saturated heterocycles. The van der Waals surface area contributed by atoms with Crippen LogP contribution in [0.15, 0.2) is 24.3 Å². The standard InChI is InChI=1S/C11H16N3O2P/c1-14(2,3)8-11(15)17(16)10-6-4-9(13-12)5-7-10/h4-7,16H,8H2,1-3H3/q+2. The Labute approximate surface area is 102 Å². The molecular weight excluding hydrogens is 237 g/mol. The second-order valence-electron chi connectivity index (χ2n) is 4.77. The fourth-order valence-electron chi connectivity index (χ4n) is 1.28. The number of rotatable bonds is 4. The maximum atomic E-state index is 11.8. The van der Waals surface area contributed by atoms with Gasteiger partial charge in [0.25, 0.3) is 0 Å². The van der Waals surface area contributed by atoms with Crippen molar-refractivity contribution in [3.05, 3.63) is 29.2 Å². The minimum absolute atomic E-state index is 0.166. The smallest absolute Gasteiger partial charge is 0.362 e. The van der Waals surface area contributed by atoms with Gasteiger partial charge >= 0.3 is 5.69 Å². The summed E-state index contributed by atoms with van der Waals surface area (Å²) in [7, 11) is 3.90. The number of hydrogen-bond acceptors (Lipinski definition) is 3. The van der Waals surface area contributed by atoms with Crippen LogP contribution in [0, 0.1) is 5.39 Å². The molecular formula is C11H16N3O2P+2. The summed E-state index contributed by atoms with van der Waals surface area (Å²) < 4.78 is 0.488. The summed E-state index contributed by atoms with van der Waals surface area (Å²) in [6.07, 6.45) is 0. The SMILES string of the molecule is C[N+](C)(C)CC(=O)P(O)c1ccc([N+]#N)cc1. The van der Waals surface area contributed by atoms with Crippen molar-refractivity contribution in [3.63, 3.8) is 0 Å². The third-order valence-electron chi connectivity index (χ3n) is 2.06. The monoisotopic (exact) mass is 253 g/mol. The molecule has 0 radical (unpaired) electrons. The first-order valence-electron chi connectivity index (χ1n) is 5.11. The Bertz CT molecular complexity index is 445. The quantitative estimate of drug-likeness (QED) is 0.501. The van der Waals surface area contributed by atoms with Gasteiger partial charge in [-0.05, 0) is 12.1 Å². The largest absolute Gasteiger partial charge is 0.385 e. The van der Waals surface area contributed by atoms with Gasteiger partial charge in [0, 0.05) is 17.4 Å². The molecule has 1 aromatic rings. The molecule has 1 N–H and O–H groups in total. The van der Waals surface area contributed by atoms with Crippen LogP contribution in [-0.2, 0) is 4.79 Å². The molecule has 6 heteroatoms. The number of hydrogen-bond donors (Lipinski definition) is 1. The van der Waals surface area contributed by atoms with Gasteiger partial charge < -0.3 is 9.38 Å². The second kappa shape index (κ2) is 5.33. The highest BCUT2D eigenvalue weighted by atomic mass is 31.1. The van der Waals surface area contributed by atoms with E-state index in [4.69, 9.17) is 5.39 Å². The van der Waals surface area contributed by atoms with E-state index in [2.05, 4.69) is 4.98 Å². The van der Waals surface area contributed by atoms with Crippen molar-refractivity contribution in [1.29, 1.82) is 5.39 Å². The van der Waals surface area contributed by atoms with E-state index in [9.17, 15) is 9.69 Å². The van der Waals surface area contributed by atoms with Crippen LogP contribution >= 0.6 is 8.15 Å². The van der Waals surface area contributed by atoms with Gasteiger partial charge in [-0.25, -0.2) is 0 Å². The molecule has 0 aliphatic heterocycles. The molecule has 90 valence electrons. The fraction of sp³-hybridized carbons (Fsp3) is 0.364. The normalized spacial score (nSPS) is 12.9. The second-order valence-corrected chi connectivity index (χ2v) is 6.41. The van der Waals surface area contributed by atoms with E-state index in [1.54, 1.807) is 24.3 Å². The number of likely N-dealkylation sites (N-methyl/N-ethyl adjacent to an activating group) is 1. The highest BCUT2D eigenvalue weighted by Crippen LogP contribution is 2.31. The topological polar surface area (TPSA) is 65.4 Å². The molecule has 0 amide bonds. The molecule has 0 bridgehead atoms. The van der Waals surface area contributed by atoms with Crippen molar-refractivity contribution in [2.24, 2.45) is 0 Å². The van der Waals surface area contributed by atoms with Crippen LogP contribution in [0.2, 0.25) is 0 Å². The Morgan fingerprint density at radius 3 is 2.29 bits per heavy atom. The zero-order valence-corrected chi connectivity index (χ0v) is 11.1. The third-order valence-corrected chi connectivity index (χ3v) is 3.46. The van der Waals surface area contributed by atoms with E-state index in [0.717, 1.165) is 0 Å². The molecule has 1 aromatic carbocycles. The number of diazo groups is 1. The zero-order chi connectivity index (χ0) is 13.1. The first-order valence-corrected chi connectivity index (χ1v) is 6.40. The Morgan fingerprint density at radius 2 is 1.88 bits per heavy atom. The summed E-state index contributed by atoms with van der Waals surface area (Å²) >= 11 is 0. The predicted molar refractivity (Wildman–Crippen MR) is 67.9 cm³/mol. The highest BCUT2D eigenvalue weighted by molar-refractivity contribution is 7.76. The minimum Gasteiger partial charge on any atom is -0.362 e. The van der Waals surface area contributed by atoms with Gasteiger partial charge in [0.05, 0.1) is 21.1 Å². The first-order chi connectivity index (χ1) is 7.83. The summed E-state index contributed by atoms with van der Waals surface area (Å²) in [6, 6.07) is 6.32. The molecule has 1 rings (SSSR count). The molecule has 17 heavy (non-hydrogen) atoms. The lowest BCUT2D eigenvalue weighted by Gasteiger charge is -2.23. The molecule has 0 saturated carbocycles. The maximum absolute atomic E-state index is 11.8. The van der Waals surface area contributed by atoms with Crippen molar-refractivity contribution in [2.45, 2.75) is 0 Å². The highest BCUT2D eigenvalue weighted by Gasteiger charge is 2.24. The van der Waals surface area contributed by atoms with Gasteiger partial charge in [-0.1, -0.05) is 0 Å². The molecule has 0 aromatic heterocycles. The van der Waals surface area contributed by atoms with Gasteiger partial charge in [0.1, 0.15) is 14.7 Å². The van der Waals surface area contributed by atoms with Gasteiger partial charge in [-0.15, -0.1) is 0 Å². The lowest BCUT2D eigenvalue weighted by atomic mass is 10.3. The Kier molecular flexibility index (Phi) is 4.30. The van der Waals surface area contributed by atoms with Crippen LogP contribution in [0.1, 0.15) is 0 Å². The Morgan fingerprint density at radius 1 is 1.35 bits per heavy atom. The number of nitrogens with zero attached hydrogens (tertiary/aromatic N) is 3. The van der Waals surface area contributed by atoms with E-state index < -0.39 is 8.15 Å². The molecule has 1 atom stereocenters. The van der Waals surface area contributed by atoms with Gasteiger partial charge in [0.15, 0.2) is 4.98 Å². The zero-order valence-electron chi connectivity index (χ0n) is 10.2. The summed E-state index contributed by atoms with van der Waals surface area (Å²) in [5.74, 6) is 0. The van der Waals surface area contributed by atoms with E-state index in [1.165, 1.54) is 0 Å². The predicted octanol–water partition coefficient (Wildman–Crippen LogP) is 1.42. The number of carbonyl (C=O) groups excluding carboxylic acids is 1. The lowest BCUT2D eigenvalue weighted by Crippen LogP contribution is -2.39. The van der Waals surface area contributed by atoms with Crippen LogP contribution in [0.5, 0.6) is 0 Å². The average molecular weight is 253 g/mol. The number of carbonyl (C=O) groups is 1. The maximum Gasteiger partial charge on any atom is 0.385 e. The van der Waals surface area contributed by atoms with Crippen molar-refractivity contribution < 1.29 is 14.2 Å². The first kappa shape index (κ1) is 13.7. The summed E-state index contributed by atoms with van der Waals surface area (Å²) in [6.45, 7) is 0.286. The summed E-state index contributed by atoms with van der Waals surface area (Å²) in [4.78, 5) is 24.7. The Hall–Kier alpha value is -1.34. The van der Waals surface area contributed by atoms with E-state index >= 15 is 0 Å². The van der Waals surface area contributed by atoms with E-state index in [1.807, 2.05) is 21.1 Å². The lowest BCUT2D eigenvalue weighted by molar-refractivity contribution is -0.861. The van der Waals surface area contributed by atoms with Crippen molar-refractivity contribution in [2.75, 3.05) is 27.7 Å². The fourth-order valence-corrected chi connectivity index (χ4v) is 2.55. The number of quaternary nitrogens is 1. The van der Waals surface area contributed by atoms with Crippen molar-refractivity contribution in [1.82, 2.24) is 0 Å². The van der Waals surface area contributed by atoms with Crippen LogP contribution in [-0.4, -0.2) is 42.6 Å². The Balaban J connectivity index is 2.79. The molecule has 0 spiro atoms. The van der Waals surface area contributed by atoms with Crippen molar-refractivity contribution >= 4 is 24.7 Å². The number of benzene rings is 1. The molecule has 5 nitrogen and oxygen atoms in total. The minimum atomic E-state index is -1.80. The van der Waals surface area contributed by atoms with E-state index in [-0.39, 0.29) is 12.1 Å². The van der Waals surface area contributed by atoms with Crippen molar-refractivity contribution in [3.8, 4) is 0 Å². The van der Waals surface area contributed by atoms with Crippen LogP contribution < -0.4 is 5.30 Å². The van der Waals surface area contributed by atoms with Gasteiger partial charge in [-0.2, -0.15) is 0 Å². The average Bonchev–Trinajstić information content (AvgIpc) is 2.26. The van der Waals surface area contributed by atoms with Gasteiger partial charge in [-0.3, -0.25) is 4.79 Å². The van der Waals surface area contributed by atoms with Crippen LogP contribution in [0.3, 0.4) is 0 Å². The van der Waals surface area contributed by atoms with Crippen LogP contribution in [0.25, 0.3) is 4.98 Å². The molecule has 0 heterocycles. The third kappa shape index (κ3) is 4.20. The van der Waals surface area contributed by atoms with Gasteiger partial charge in [0.2, 0.25) is 10.9 Å². The van der Waals surface area contributed by atoms with E-state index in [0.29, 0.717) is 15.5 Å². The molecule has 1 unspecified atom stereocenters.